The van der Waals surface area contributed by atoms with Crippen LogP contribution in [0.3, 0.4) is 0 Å². The molecule has 0 radical (unpaired) electrons. The topological polar surface area (TPSA) is 101 Å². The SMILES string of the molecule is NC(=O)C[C@@H]1C[C@@H](Cc2cnc[nH]2)C[C@H](C[C@@H]2CCC(=O)N2)C1. The first-order valence-corrected chi connectivity index (χ1v) is 8.63. The number of H-pyrrole nitrogens is 1. The number of nitrogens with one attached hydrogen (secondary N) is 2. The maximum atomic E-state index is 11.4. The smallest absolute Gasteiger partial charge is 0.220 e. The molecule has 2 heterocycles. The van der Waals surface area contributed by atoms with Crippen LogP contribution < -0.4 is 11.1 Å². The molecule has 2 amide bonds. The Kier molecular flexibility index (Phi) is 4.98. The molecule has 1 aromatic rings. The Balaban J connectivity index is 1.60. The van der Waals surface area contributed by atoms with Crippen molar-refractivity contribution in [1.82, 2.24) is 15.3 Å². The molecule has 0 unspecified atom stereocenters. The highest BCUT2D eigenvalue weighted by Gasteiger charge is 2.32. The molecule has 126 valence electrons. The van der Waals surface area contributed by atoms with Gasteiger partial charge in [-0.05, 0) is 56.3 Å². The highest BCUT2D eigenvalue weighted by molar-refractivity contribution is 5.78. The number of carbonyl (C=O) groups excluding carboxylic acids is 2. The highest BCUT2D eigenvalue weighted by atomic mass is 16.2. The summed E-state index contributed by atoms with van der Waals surface area (Å²) in [4.78, 5) is 30.0. The second-order valence-corrected chi connectivity index (χ2v) is 7.30. The molecule has 0 aromatic carbocycles. The summed E-state index contributed by atoms with van der Waals surface area (Å²) >= 11 is 0. The van der Waals surface area contributed by atoms with Gasteiger partial charge in [-0.25, -0.2) is 4.98 Å². The Labute approximate surface area is 136 Å². The van der Waals surface area contributed by atoms with E-state index in [2.05, 4.69) is 15.3 Å². The number of rotatable bonds is 6. The number of carbonyl (C=O) groups is 2. The van der Waals surface area contributed by atoms with Crippen LogP contribution in [0, 0.1) is 17.8 Å². The first-order chi connectivity index (χ1) is 11.1. The van der Waals surface area contributed by atoms with E-state index in [1.54, 1.807) is 6.33 Å². The molecular formula is C17H26N4O2. The Bertz CT molecular complexity index is 543. The van der Waals surface area contributed by atoms with Crippen LogP contribution in [-0.2, 0) is 16.0 Å². The first-order valence-electron chi connectivity index (χ1n) is 8.63. The number of hydrogen-bond donors (Lipinski definition) is 3. The standard InChI is InChI=1S/C17H26N4O2/c18-16(22)8-13-4-11(6-14-1-2-17(23)21-14)3-12(5-13)7-15-9-19-10-20-15/h9-14H,1-8H2,(H2,18,22)(H,19,20)(H,21,23)/t11-,12-,13-,14-/m0/s1. The fraction of sp³-hybridized carbons (Fsp3) is 0.706. The number of imidazole rings is 1. The average molecular weight is 318 g/mol. The summed E-state index contributed by atoms with van der Waals surface area (Å²) in [6, 6.07) is 0.313. The normalized spacial score (nSPS) is 31.0. The maximum absolute atomic E-state index is 11.4. The highest BCUT2D eigenvalue weighted by Crippen LogP contribution is 2.39. The fourth-order valence-corrected chi connectivity index (χ4v) is 4.48. The molecule has 3 rings (SSSR count). The molecule has 6 heteroatoms. The van der Waals surface area contributed by atoms with Gasteiger partial charge in [0.15, 0.2) is 0 Å². The van der Waals surface area contributed by atoms with Gasteiger partial charge in [-0.15, -0.1) is 0 Å². The van der Waals surface area contributed by atoms with Crippen LogP contribution in [0.1, 0.15) is 50.6 Å². The third kappa shape index (κ3) is 4.56. The summed E-state index contributed by atoms with van der Waals surface area (Å²) in [5, 5.41) is 3.07. The van der Waals surface area contributed by atoms with E-state index in [0.29, 0.717) is 36.6 Å². The minimum atomic E-state index is -0.204. The van der Waals surface area contributed by atoms with Crippen LogP contribution in [0.5, 0.6) is 0 Å². The summed E-state index contributed by atoms with van der Waals surface area (Å²) in [7, 11) is 0. The minimum absolute atomic E-state index is 0.175. The number of nitrogens with two attached hydrogens (primary N) is 1. The molecule has 2 fully saturated rings. The van der Waals surface area contributed by atoms with Gasteiger partial charge in [0.2, 0.25) is 11.8 Å². The van der Waals surface area contributed by atoms with E-state index in [9.17, 15) is 9.59 Å². The van der Waals surface area contributed by atoms with Crippen molar-refractivity contribution in [3.63, 3.8) is 0 Å². The lowest BCUT2D eigenvalue weighted by molar-refractivity contribution is -0.120. The van der Waals surface area contributed by atoms with Crippen molar-refractivity contribution in [2.24, 2.45) is 23.5 Å². The Morgan fingerprint density at radius 3 is 2.70 bits per heavy atom. The van der Waals surface area contributed by atoms with Crippen molar-refractivity contribution in [2.45, 2.75) is 57.4 Å². The molecule has 4 N–H and O–H groups in total. The van der Waals surface area contributed by atoms with Crippen LogP contribution in [0.25, 0.3) is 0 Å². The van der Waals surface area contributed by atoms with Crippen LogP contribution >= 0.6 is 0 Å². The molecule has 1 aliphatic carbocycles. The van der Waals surface area contributed by atoms with Gasteiger partial charge in [0.1, 0.15) is 0 Å². The lowest BCUT2D eigenvalue weighted by atomic mass is 9.70. The van der Waals surface area contributed by atoms with E-state index < -0.39 is 0 Å². The van der Waals surface area contributed by atoms with E-state index in [0.717, 1.165) is 44.2 Å². The molecule has 2 aliphatic rings. The van der Waals surface area contributed by atoms with Gasteiger partial charge in [-0.3, -0.25) is 9.59 Å². The molecule has 6 nitrogen and oxygen atoms in total. The van der Waals surface area contributed by atoms with Gasteiger partial charge in [0.25, 0.3) is 0 Å². The number of aromatic nitrogens is 2. The van der Waals surface area contributed by atoms with Gasteiger partial charge in [-0.1, -0.05) is 0 Å². The molecule has 0 bridgehead atoms. The quantitative estimate of drug-likeness (QED) is 0.741. The van der Waals surface area contributed by atoms with Gasteiger partial charge >= 0.3 is 0 Å². The third-order valence-corrected chi connectivity index (χ3v) is 5.26. The fourth-order valence-electron chi connectivity index (χ4n) is 4.48. The number of hydrogen-bond acceptors (Lipinski definition) is 3. The predicted molar refractivity (Wildman–Crippen MR) is 86.2 cm³/mol. The minimum Gasteiger partial charge on any atom is -0.370 e. The molecule has 0 spiro atoms. The van der Waals surface area contributed by atoms with Gasteiger partial charge < -0.3 is 16.0 Å². The van der Waals surface area contributed by atoms with Crippen molar-refractivity contribution in [2.75, 3.05) is 0 Å². The van der Waals surface area contributed by atoms with E-state index in [1.807, 2.05) is 6.20 Å². The Hall–Kier alpha value is -1.85. The first kappa shape index (κ1) is 16.0. The van der Waals surface area contributed by atoms with Crippen molar-refractivity contribution in [3.8, 4) is 0 Å². The Morgan fingerprint density at radius 2 is 2.04 bits per heavy atom. The summed E-state index contributed by atoms with van der Waals surface area (Å²) in [5.41, 5.74) is 6.58. The molecule has 4 atom stereocenters. The van der Waals surface area contributed by atoms with Crippen LogP contribution in [-0.4, -0.2) is 27.8 Å². The zero-order valence-corrected chi connectivity index (χ0v) is 13.5. The van der Waals surface area contributed by atoms with Crippen molar-refractivity contribution in [1.29, 1.82) is 0 Å². The lowest BCUT2D eigenvalue weighted by Gasteiger charge is -2.35. The van der Waals surface area contributed by atoms with E-state index in [1.165, 1.54) is 0 Å². The van der Waals surface area contributed by atoms with Crippen LogP contribution in [0.4, 0.5) is 0 Å². The van der Waals surface area contributed by atoms with Crippen LogP contribution in [0.2, 0.25) is 0 Å². The van der Waals surface area contributed by atoms with Gasteiger partial charge in [0, 0.05) is 30.8 Å². The third-order valence-electron chi connectivity index (χ3n) is 5.26. The second-order valence-electron chi connectivity index (χ2n) is 7.30. The number of primary amides is 1. The second kappa shape index (κ2) is 7.15. The molecule has 23 heavy (non-hydrogen) atoms. The average Bonchev–Trinajstić information content (AvgIpc) is 3.10. The van der Waals surface area contributed by atoms with Gasteiger partial charge in [-0.2, -0.15) is 0 Å². The number of nitrogens with zero attached hydrogens (tertiary/aromatic N) is 1. The predicted octanol–water partition coefficient (Wildman–Crippen LogP) is 1.53. The zero-order valence-electron chi connectivity index (χ0n) is 13.5. The van der Waals surface area contributed by atoms with E-state index in [-0.39, 0.29) is 11.8 Å². The summed E-state index contributed by atoms with van der Waals surface area (Å²) in [6.45, 7) is 0. The lowest BCUT2D eigenvalue weighted by Crippen LogP contribution is -2.33. The van der Waals surface area contributed by atoms with Crippen molar-refractivity contribution < 1.29 is 9.59 Å². The largest absolute Gasteiger partial charge is 0.370 e. The van der Waals surface area contributed by atoms with Crippen LogP contribution in [0.15, 0.2) is 12.5 Å². The summed E-state index contributed by atoms with van der Waals surface area (Å²) in [5.74, 6) is 1.45. The van der Waals surface area contributed by atoms with Crippen molar-refractivity contribution in [3.05, 3.63) is 18.2 Å². The summed E-state index contributed by atoms with van der Waals surface area (Å²) < 4.78 is 0. The molecule has 1 aliphatic heterocycles. The summed E-state index contributed by atoms with van der Waals surface area (Å²) in [6.07, 6.45) is 10.9. The van der Waals surface area contributed by atoms with Crippen molar-refractivity contribution >= 4 is 11.8 Å². The number of aromatic amines is 1. The van der Waals surface area contributed by atoms with Gasteiger partial charge in [0.05, 0.1) is 6.33 Å². The molecule has 1 saturated carbocycles. The monoisotopic (exact) mass is 318 g/mol. The molecular weight excluding hydrogens is 292 g/mol. The zero-order chi connectivity index (χ0) is 16.2. The maximum Gasteiger partial charge on any atom is 0.220 e. The van der Waals surface area contributed by atoms with E-state index in [4.69, 9.17) is 5.73 Å². The number of amides is 2. The van der Waals surface area contributed by atoms with E-state index >= 15 is 0 Å². The Morgan fingerprint density at radius 1 is 1.26 bits per heavy atom. The molecule has 1 aromatic heterocycles. The molecule has 1 saturated heterocycles.